The highest BCUT2D eigenvalue weighted by Crippen LogP contribution is 2.20. The van der Waals surface area contributed by atoms with Gasteiger partial charge in [0.05, 0.1) is 19.0 Å². The fraction of sp³-hybridized carbons (Fsp3) is 0.286. The van der Waals surface area contributed by atoms with E-state index >= 15 is 0 Å². The molecule has 0 bridgehead atoms. The lowest BCUT2D eigenvalue weighted by Crippen LogP contribution is -2.24. The molecule has 0 radical (unpaired) electrons. The van der Waals surface area contributed by atoms with Gasteiger partial charge in [-0.3, -0.25) is 4.79 Å². The quantitative estimate of drug-likeness (QED) is 0.715. The fourth-order valence-corrected chi connectivity index (χ4v) is 3.33. The van der Waals surface area contributed by atoms with Crippen LogP contribution in [0.15, 0.2) is 54.9 Å². The highest BCUT2D eigenvalue weighted by atomic mass is 16.5. The van der Waals surface area contributed by atoms with Gasteiger partial charge in [0.15, 0.2) is 11.4 Å². The topological polar surface area (TPSA) is 72.3 Å². The van der Waals surface area contributed by atoms with Crippen LogP contribution in [0.1, 0.15) is 28.9 Å². The summed E-state index contributed by atoms with van der Waals surface area (Å²) < 4.78 is 6.99. The molecule has 3 aromatic rings. The van der Waals surface area contributed by atoms with Gasteiger partial charge < -0.3 is 15.0 Å². The van der Waals surface area contributed by atoms with Gasteiger partial charge in [-0.1, -0.05) is 18.2 Å². The average Bonchev–Trinajstić information content (AvgIpc) is 3.43. The minimum absolute atomic E-state index is 0.264. The first-order chi connectivity index (χ1) is 13.7. The number of ether oxygens (including phenoxy) is 1. The molecule has 2 aromatic heterocycles. The molecule has 1 aliphatic rings. The number of rotatable bonds is 6. The smallest absolute Gasteiger partial charge is 0.275 e. The van der Waals surface area contributed by atoms with Gasteiger partial charge in [0.2, 0.25) is 0 Å². The van der Waals surface area contributed by atoms with Crippen LogP contribution in [-0.2, 0) is 6.54 Å². The Bertz CT molecular complexity index is 948. The van der Waals surface area contributed by atoms with Gasteiger partial charge in [-0.25, -0.2) is 9.67 Å². The van der Waals surface area contributed by atoms with E-state index in [1.165, 1.54) is 20.0 Å². The van der Waals surface area contributed by atoms with Crippen molar-refractivity contribution >= 4 is 11.7 Å². The fourth-order valence-electron chi connectivity index (χ4n) is 3.33. The summed E-state index contributed by atoms with van der Waals surface area (Å²) in [7, 11) is 1.54. The number of nitrogens with one attached hydrogen (secondary N) is 1. The SMILES string of the molecule is COc1cn(-c2ccccc2)nc1C(=O)NCc1ccnc(N2CCCC2)c1. The minimum Gasteiger partial charge on any atom is -0.493 e. The number of anilines is 1. The van der Waals surface area contributed by atoms with Gasteiger partial charge in [0.25, 0.3) is 5.91 Å². The summed E-state index contributed by atoms with van der Waals surface area (Å²) in [5.74, 6) is 1.13. The molecule has 1 N–H and O–H groups in total. The zero-order chi connectivity index (χ0) is 19.3. The third-order valence-corrected chi connectivity index (χ3v) is 4.83. The Morgan fingerprint density at radius 2 is 1.96 bits per heavy atom. The number of nitrogens with zero attached hydrogens (tertiary/aromatic N) is 4. The van der Waals surface area contributed by atoms with Crippen LogP contribution in [0, 0.1) is 0 Å². The molecule has 7 heteroatoms. The van der Waals surface area contributed by atoms with Gasteiger partial charge in [0.1, 0.15) is 5.82 Å². The van der Waals surface area contributed by atoms with Crippen LogP contribution in [0.4, 0.5) is 5.82 Å². The highest BCUT2D eigenvalue weighted by molar-refractivity contribution is 5.94. The third kappa shape index (κ3) is 3.83. The maximum atomic E-state index is 12.7. The molecular formula is C21H23N5O2. The second-order valence-electron chi connectivity index (χ2n) is 6.73. The lowest BCUT2D eigenvalue weighted by atomic mass is 10.2. The molecule has 1 saturated heterocycles. The lowest BCUT2D eigenvalue weighted by Gasteiger charge is -2.16. The number of methoxy groups -OCH3 is 1. The Morgan fingerprint density at radius 3 is 2.71 bits per heavy atom. The van der Waals surface area contributed by atoms with Crippen molar-refractivity contribution < 1.29 is 9.53 Å². The second kappa shape index (κ2) is 8.12. The molecule has 0 unspecified atom stereocenters. The average molecular weight is 377 g/mol. The Morgan fingerprint density at radius 1 is 1.18 bits per heavy atom. The van der Waals surface area contributed by atoms with Crippen molar-refractivity contribution in [3.8, 4) is 11.4 Å². The number of carbonyl (C=O) groups excluding carboxylic acids is 1. The second-order valence-corrected chi connectivity index (χ2v) is 6.73. The molecule has 1 aliphatic heterocycles. The van der Waals surface area contributed by atoms with E-state index in [0.29, 0.717) is 12.3 Å². The molecule has 144 valence electrons. The number of pyridine rings is 1. The first-order valence-electron chi connectivity index (χ1n) is 9.42. The van der Waals surface area contributed by atoms with Crippen LogP contribution in [0.25, 0.3) is 5.69 Å². The number of aromatic nitrogens is 3. The molecule has 7 nitrogen and oxygen atoms in total. The molecule has 4 rings (SSSR count). The van der Waals surface area contributed by atoms with Crippen LogP contribution in [-0.4, -0.2) is 40.9 Å². The maximum Gasteiger partial charge on any atom is 0.275 e. The summed E-state index contributed by atoms with van der Waals surface area (Å²) >= 11 is 0. The molecule has 1 fully saturated rings. The molecular weight excluding hydrogens is 354 g/mol. The molecule has 28 heavy (non-hydrogen) atoms. The Hall–Kier alpha value is -3.35. The Kier molecular flexibility index (Phi) is 5.23. The maximum absolute atomic E-state index is 12.7. The largest absolute Gasteiger partial charge is 0.493 e. The molecule has 0 aliphatic carbocycles. The molecule has 0 spiro atoms. The number of amides is 1. The van der Waals surface area contributed by atoms with E-state index in [4.69, 9.17) is 4.74 Å². The van der Waals surface area contributed by atoms with Gasteiger partial charge in [0, 0.05) is 25.8 Å². The first kappa shape index (κ1) is 18.0. The lowest BCUT2D eigenvalue weighted by molar-refractivity contribution is 0.0942. The summed E-state index contributed by atoms with van der Waals surface area (Å²) in [6, 6.07) is 13.6. The normalized spacial score (nSPS) is 13.5. The zero-order valence-corrected chi connectivity index (χ0v) is 15.8. The van der Waals surface area contributed by atoms with Crippen LogP contribution < -0.4 is 15.0 Å². The van der Waals surface area contributed by atoms with E-state index in [1.807, 2.05) is 42.5 Å². The molecule has 3 heterocycles. The Balaban J connectivity index is 1.47. The van der Waals surface area contributed by atoms with Crippen molar-refractivity contribution in [2.75, 3.05) is 25.1 Å². The van der Waals surface area contributed by atoms with Crippen molar-refractivity contribution in [1.82, 2.24) is 20.1 Å². The molecule has 0 atom stereocenters. The van der Waals surface area contributed by atoms with Crippen molar-refractivity contribution in [3.05, 3.63) is 66.1 Å². The third-order valence-electron chi connectivity index (χ3n) is 4.83. The summed E-state index contributed by atoms with van der Waals surface area (Å²) in [5, 5.41) is 7.33. The highest BCUT2D eigenvalue weighted by Gasteiger charge is 2.19. The molecule has 1 amide bonds. The van der Waals surface area contributed by atoms with Crippen LogP contribution in [0.3, 0.4) is 0 Å². The summed E-state index contributed by atoms with van der Waals surface area (Å²) in [6.45, 7) is 2.48. The number of benzene rings is 1. The van der Waals surface area contributed by atoms with E-state index in [0.717, 1.165) is 30.2 Å². The van der Waals surface area contributed by atoms with Crippen molar-refractivity contribution in [2.45, 2.75) is 19.4 Å². The van der Waals surface area contributed by atoms with Crippen LogP contribution >= 0.6 is 0 Å². The predicted molar refractivity (Wildman–Crippen MR) is 107 cm³/mol. The summed E-state index contributed by atoms with van der Waals surface area (Å²) in [4.78, 5) is 19.4. The number of hydrogen-bond acceptors (Lipinski definition) is 5. The van der Waals surface area contributed by atoms with E-state index in [2.05, 4.69) is 20.3 Å². The van der Waals surface area contributed by atoms with Crippen molar-refractivity contribution in [3.63, 3.8) is 0 Å². The van der Waals surface area contributed by atoms with Gasteiger partial charge in [-0.15, -0.1) is 0 Å². The van der Waals surface area contributed by atoms with E-state index in [1.54, 1.807) is 17.1 Å². The monoisotopic (exact) mass is 377 g/mol. The van der Waals surface area contributed by atoms with Gasteiger partial charge in [-0.2, -0.15) is 5.10 Å². The van der Waals surface area contributed by atoms with Crippen molar-refractivity contribution in [1.29, 1.82) is 0 Å². The predicted octanol–water partition coefficient (Wildman–Crippen LogP) is 2.81. The minimum atomic E-state index is -0.272. The van der Waals surface area contributed by atoms with E-state index in [9.17, 15) is 4.79 Å². The van der Waals surface area contributed by atoms with E-state index < -0.39 is 0 Å². The van der Waals surface area contributed by atoms with Crippen LogP contribution in [0.2, 0.25) is 0 Å². The molecule has 1 aromatic carbocycles. The first-order valence-corrected chi connectivity index (χ1v) is 9.42. The number of hydrogen-bond donors (Lipinski definition) is 1. The summed E-state index contributed by atoms with van der Waals surface area (Å²) in [5.41, 5.74) is 2.14. The van der Waals surface area contributed by atoms with Crippen LogP contribution in [0.5, 0.6) is 5.75 Å². The van der Waals surface area contributed by atoms with Crippen molar-refractivity contribution in [2.24, 2.45) is 0 Å². The Labute approximate surface area is 164 Å². The summed E-state index contributed by atoms with van der Waals surface area (Å²) in [6.07, 6.45) is 5.90. The number of para-hydroxylation sites is 1. The molecule has 0 saturated carbocycles. The standard InChI is InChI=1S/C21H23N5O2/c1-28-18-15-26(17-7-3-2-4-8-17)24-20(18)21(27)23-14-16-9-10-22-19(13-16)25-11-5-6-12-25/h2-4,7-10,13,15H,5-6,11-12,14H2,1H3,(H,23,27). The number of carbonyl (C=O) groups is 1. The zero-order valence-electron chi connectivity index (χ0n) is 15.8. The van der Waals surface area contributed by atoms with Gasteiger partial charge >= 0.3 is 0 Å². The van der Waals surface area contributed by atoms with Gasteiger partial charge in [-0.05, 0) is 42.7 Å². The van der Waals surface area contributed by atoms with E-state index in [-0.39, 0.29) is 11.6 Å².